The highest BCUT2D eigenvalue weighted by Crippen LogP contribution is 2.32. The van der Waals surface area contributed by atoms with Crippen LogP contribution in [0.2, 0.25) is 0 Å². The fourth-order valence-corrected chi connectivity index (χ4v) is 3.30. The van der Waals surface area contributed by atoms with Crippen LogP contribution in [-0.2, 0) is 0 Å². The number of rotatable bonds is 2. The van der Waals surface area contributed by atoms with Crippen molar-refractivity contribution in [3.63, 3.8) is 0 Å². The van der Waals surface area contributed by atoms with Crippen LogP contribution in [0.15, 0.2) is 37.2 Å². The Bertz CT molecular complexity index is 740. The maximum absolute atomic E-state index is 5.83. The fraction of sp³-hybridized carbons (Fsp3) is 0. The van der Waals surface area contributed by atoms with Crippen molar-refractivity contribution in [3.8, 4) is 23.0 Å². The molecule has 0 saturated carbocycles. The van der Waals surface area contributed by atoms with Crippen molar-refractivity contribution in [2.75, 3.05) is 5.73 Å². The minimum Gasteiger partial charge on any atom is -0.390 e. The van der Waals surface area contributed by atoms with E-state index in [1.165, 1.54) is 11.3 Å². The molecule has 2 N–H and O–H groups in total. The van der Waals surface area contributed by atoms with Gasteiger partial charge in [-0.25, -0.2) is 0 Å². The summed E-state index contributed by atoms with van der Waals surface area (Å²) >= 11 is 8.19. The molecule has 0 spiro atoms. The van der Waals surface area contributed by atoms with Gasteiger partial charge in [-0.1, -0.05) is 5.16 Å². The highest BCUT2D eigenvalue weighted by atomic mass is 79.9. The van der Waals surface area contributed by atoms with Crippen LogP contribution in [0, 0.1) is 0 Å². The molecule has 0 aromatic carbocycles. The molecule has 0 aliphatic rings. The summed E-state index contributed by atoms with van der Waals surface area (Å²) in [5, 5.41) is 6.46. The zero-order valence-electron chi connectivity index (χ0n) is 9.30. The summed E-state index contributed by atoms with van der Waals surface area (Å²) in [5.41, 5.74) is 7.19. The Morgan fingerprint density at radius 3 is 2.84 bits per heavy atom. The lowest BCUT2D eigenvalue weighted by molar-refractivity contribution is 0.432. The van der Waals surface area contributed by atoms with Gasteiger partial charge in [0.15, 0.2) is 0 Å². The van der Waals surface area contributed by atoms with Crippen molar-refractivity contribution in [1.82, 2.24) is 15.1 Å². The van der Waals surface area contributed by atoms with Gasteiger partial charge < -0.3 is 10.3 Å². The van der Waals surface area contributed by atoms with Gasteiger partial charge in [-0.05, 0) is 49.4 Å². The van der Waals surface area contributed by atoms with Gasteiger partial charge in [-0.3, -0.25) is 4.98 Å². The molecule has 8 heteroatoms. The number of hydrogen-bond donors (Lipinski definition) is 1. The van der Waals surface area contributed by atoms with Crippen molar-refractivity contribution in [2.24, 2.45) is 0 Å². The van der Waals surface area contributed by atoms with Crippen molar-refractivity contribution in [1.29, 1.82) is 0 Å². The van der Waals surface area contributed by atoms with Crippen LogP contribution in [-0.4, -0.2) is 15.1 Å². The van der Waals surface area contributed by atoms with Crippen LogP contribution in [0.25, 0.3) is 23.0 Å². The summed E-state index contributed by atoms with van der Waals surface area (Å²) in [6, 6.07) is 3.72. The average Bonchev–Trinajstić information content (AvgIpc) is 2.97. The highest BCUT2D eigenvalue weighted by Gasteiger charge is 2.16. The molecule has 0 amide bonds. The molecule has 5 nitrogen and oxygen atoms in total. The lowest BCUT2D eigenvalue weighted by Gasteiger charge is -1.97. The zero-order valence-corrected chi connectivity index (χ0v) is 13.3. The summed E-state index contributed by atoms with van der Waals surface area (Å²) < 4.78 is 6.88. The van der Waals surface area contributed by atoms with Gasteiger partial charge in [0, 0.05) is 15.1 Å². The molecule has 3 rings (SSSR count). The van der Waals surface area contributed by atoms with Crippen molar-refractivity contribution >= 4 is 48.2 Å². The van der Waals surface area contributed by atoms with E-state index >= 15 is 0 Å². The van der Waals surface area contributed by atoms with E-state index in [0.717, 1.165) is 14.5 Å². The topological polar surface area (TPSA) is 77.8 Å². The molecule has 0 aliphatic heterocycles. The van der Waals surface area contributed by atoms with Crippen molar-refractivity contribution in [3.05, 3.63) is 32.7 Å². The first-order valence-electron chi connectivity index (χ1n) is 5.13. The molecule has 0 fully saturated rings. The average molecular weight is 402 g/mol. The van der Waals surface area contributed by atoms with E-state index in [-0.39, 0.29) is 0 Å². The molecule has 0 bridgehead atoms. The molecule has 0 aliphatic carbocycles. The second-order valence-electron chi connectivity index (χ2n) is 3.61. The third kappa shape index (κ3) is 2.43. The van der Waals surface area contributed by atoms with E-state index in [9.17, 15) is 0 Å². The van der Waals surface area contributed by atoms with E-state index in [0.29, 0.717) is 22.4 Å². The SMILES string of the molecule is Nc1sccc1-c1nc(-c2ncc(Br)cc2Br)no1. The number of pyridine rings is 1. The van der Waals surface area contributed by atoms with Gasteiger partial charge in [0.25, 0.3) is 5.89 Å². The van der Waals surface area contributed by atoms with E-state index < -0.39 is 0 Å². The van der Waals surface area contributed by atoms with Gasteiger partial charge in [0.2, 0.25) is 5.82 Å². The Labute approximate surface area is 129 Å². The maximum Gasteiger partial charge on any atom is 0.261 e. The molecule has 19 heavy (non-hydrogen) atoms. The summed E-state index contributed by atoms with van der Waals surface area (Å²) in [7, 11) is 0. The summed E-state index contributed by atoms with van der Waals surface area (Å²) in [6.45, 7) is 0. The third-order valence-corrected chi connectivity index (χ3v) is 4.16. The van der Waals surface area contributed by atoms with Crippen LogP contribution in [0.3, 0.4) is 0 Å². The first kappa shape index (κ1) is 12.8. The number of nitrogen functional groups attached to an aromatic ring is 1. The van der Waals surface area contributed by atoms with E-state index in [4.69, 9.17) is 10.3 Å². The Morgan fingerprint density at radius 2 is 2.16 bits per heavy atom. The highest BCUT2D eigenvalue weighted by molar-refractivity contribution is 9.11. The maximum atomic E-state index is 5.83. The molecule has 0 saturated heterocycles. The van der Waals surface area contributed by atoms with Gasteiger partial charge in [0.05, 0.1) is 10.6 Å². The van der Waals surface area contributed by atoms with E-state index in [1.54, 1.807) is 6.20 Å². The number of anilines is 1. The molecular weight excluding hydrogens is 396 g/mol. The normalized spacial score (nSPS) is 10.8. The first-order chi connectivity index (χ1) is 9.15. The van der Waals surface area contributed by atoms with E-state index in [2.05, 4.69) is 47.0 Å². The number of aromatic nitrogens is 3. The Hall–Kier alpha value is -1.25. The smallest absolute Gasteiger partial charge is 0.261 e. The monoisotopic (exact) mass is 400 g/mol. The van der Waals surface area contributed by atoms with Gasteiger partial charge in [-0.15, -0.1) is 11.3 Å². The number of hydrogen-bond acceptors (Lipinski definition) is 6. The standard InChI is InChI=1S/C11H6Br2N4OS/c12-5-3-7(13)8(15-4-5)10-16-11(18-17-10)6-1-2-19-9(6)14/h1-4H,14H2. The second-order valence-corrected chi connectivity index (χ2v) is 6.32. The predicted octanol–water partition coefficient (Wildman–Crippen LogP) is 3.97. The van der Waals surface area contributed by atoms with Crippen molar-refractivity contribution < 1.29 is 4.52 Å². The van der Waals surface area contributed by atoms with Gasteiger partial charge in [0.1, 0.15) is 5.69 Å². The Balaban J connectivity index is 2.04. The zero-order chi connectivity index (χ0) is 13.4. The lowest BCUT2D eigenvalue weighted by atomic mass is 10.3. The number of halogens is 2. The van der Waals surface area contributed by atoms with Crippen LogP contribution >= 0.6 is 43.2 Å². The number of nitrogens with zero attached hydrogens (tertiary/aromatic N) is 3. The molecule has 3 aromatic rings. The van der Waals surface area contributed by atoms with Crippen LogP contribution < -0.4 is 5.73 Å². The molecule has 3 heterocycles. The molecule has 0 atom stereocenters. The molecule has 3 aromatic heterocycles. The number of nitrogens with two attached hydrogens (primary N) is 1. The number of thiophene rings is 1. The molecule has 0 radical (unpaired) electrons. The Morgan fingerprint density at radius 1 is 1.32 bits per heavy atom. The predicted molar refractivity (Wildman–Crippen MR) is 80.7 cm³/mol. The lowest BCUT2D eigenvalue weighted by Crippen LogP contribution is -1.88. The second kappa shape index (κ2) is 5.03. The summed E-state index contributed by atoms with van der Waals surface area (Å²) in [6.07, 6.45) is 1.68. The fourth-order valence-electron chi connectivity index (χ4n) is 1.51. The summed E-state index contributed by atoms with van der Waals surface area (Å²) in [4.78, 5) is 8.57. The Kier molecular flexibility index (Phi) is 3.38. The van der Waals surface area contributed by atoms with E-state index in [1.807, 2.05) is 17.5 Å². The minimum atomic E-state index is 0.394. The van der Waals surface area contributed by atoms with Crippen LogP contribution in [0.1, 0.15) is 0 Å². The first-order valence-corrected chi connectivity index (χ1v) is 7.60. The molecule has 96 valence electrons. The largest absolute Gasteiger partial charge is 0.390 e. The van der Waals surface area contributed by atoms with Crippen molar-refractivity contribution in [2.45, 2.75) is 0 Å². The minimum absolute atomic E-state index is 0.394. The quantitative estimate of drug-likeness (QED) is 0.702. The summed E-state index contributed by atoms with van der Waals surface area (Å²) in [5.74, 6) is 0.811. The van der Waals surface area contributed by atoms with Gasteiger partial charge in [-0.2, -0.15) is 4.98 Å². The van der Waals surface area contributed by atoms with Crippen LogP contribution in [0.4, 0.5) is 5.00 Å². The van der Waals surface area contributed by atoms with Gasteiger partial charge >= 0.3 is 0 Å². The van der Waals surface area contributed by atoms with Crippen LogP contribution in [0.5, 0.6) is 0 Å². The third-order valence-electron chi connectivity index (χ3n) is 2.37. The molecule has 0 unspecified atom stereocenters. The molecular formula is C11H6Br2N4OS.